The Hall–Kier alpha value is -5.74. The van der Waals surface area contributed by atoms with Crippen LogP contribution in [0.4, 0.5) is 22.7 Å². The second-order valence-corrected chi connectivity index (χ2v) is 32.9. The number of anilines is 4. The third kappa shape index (κ3) is 32.1. The van der Waals surface area contributed by atoms with E-state index < -0.39 is 297 Å². The Labute approximate surface area is 674 Å². The molecule has 26 N–H and O–H groups in total. The molecule has 6 rings (SSSR count). The molecule has 28 atom stereocenters. The normalized spacial score (nSPS) is 30.2. The van der Waals surface area contributed by atoms with Gasteiger partial charge in [0, 0.05) is 62.9 Å². The highest BCUT2D eigenvalue weighted by Crippen LogP contribution is 2.36. The highest BCUT2D eigenvalue weighted by molar-refractivity contribution is 7.84. The lowest BCUT2D eigenvalue weighted by atomic mass is 9.95. The maximum absolute atomic E-state index is 12.9. The van der Waals surface area contributed by atoms with Gasteiger partial charge < -0.3 is 140 Å². The third-order valence-electron chi connectivity index (χ3n) is 17.6. The second-order valence-electron chi connectivity index (χ2n) is 26.3. The number of carbonyl (C=O) groups excluding carboxylic acids is 2. The molecule has 0 bridgehead atoms. The largest absolute Gasteiger partial charge is 0.479 e. The van der Waals surface area contributed by atoms with Crippen molar-refractivity contribution in [2.24, 2.45) is 0 Å². The van der Waals surface area contributed by atoms with Gasteiger partial charge >= 0.3 is 74.1 Å². The van der Waals surface area contributed by atoms with Crippen LogP contribution in [0.2, 0.25) is 0 Å². The topological polar surface area (TPSA) is 879 Å². The third-order valence-corrected chi connectivity index (χ3v) is 20.5. The zero-order chi connectivity index (χ0) is 89.4. The zero-order valence-corrected chi connectivity index (χ0v) is 66.1. The van der Waals surface area contributed by atoms with E-state index in [1.807, 2.05) is 0 Å². The average molecular weight is 1850 g/mol. The molecule has 2 aromatic carbocycles. The Kier molecular flexibility index (Phi) is 37.9. The van der Waals surface area contributed by atoms with Crippen LogP contribution in [0.15, 0.2) is 48.5 Å². The fraction of sp³-hybridized carbons (Fsp3) is 0.719. The fourth-order valence-corrected chi connectivity index (χ4v) is 14.8. The lowest BCUT2D eigenvalue weighted by Gasteiger charge is -2.47. The maximum atomic E-state index is 12.9. The Morgan fingerprint density at radius 3 is 1.05 bits per heavy atom. The summed E-state index contributed by atoms with van der Waals surface area (Å²) in [5, 5.41) is 162. The summed E-state index contributed by atoms with van der Waals surface area (Å²) < 4.78 is 270. The number of aliphatic carboxylic acids is 2. The summed E-state index contributed by atoms with van der Waals surface area (Å²) in [6.45, 7) is -6.28. The van der Waals surface area contributed by atoms with Gasteiger partial charge in [0.05, 0.1) is 38.6 Å². The number of amides is 2. The van der Waals surface area contributed by atoms with Crippen LogP contribution in [0.5, 0.6) is 0 Å². The van der Waals surface area contributed by atoms with Crippen LogP contribution >= 0.6 is 0 Å². The van der Waals surface area contributed by atoms with Gasteiger partial charge in [-0.2, -0.15) is 60.0 Å². The van der Waals surface area contributed by atoms with E-state index in [4.69, 9.17) is 56.5 Å². The maximum Gasteiger partial charge on any atom is 0.397 e. The number of aliphatic hydroxyl groups excluding tert-OH is 12. The molecule has 4 fully saturated rings. The molecule has 4 heterocycles. The standard InChI is InChI=1S/C57H90N6O50S6/c1-100-44-30(20-104-116(88,89)90)106-54(34(40(44)74)62-114(82,83)84)108-46-42(76)48(112-118(94,95)96)56(110-50(46)52(78)79)102-18-28(66)38(72)36(70)26(64)16-58-22-8-6-10-24(14-22)60-32(68)12-4-3-5-13-33(69)61-25-11-7-9-23(15-25)59-17-27(65)37(71)39(73)29(67)19-103-57-49(113-119(97,98)99)43(77)47(51(111-57)53(80)81)109-55-35(63-115(85,86)87)41(75)45(101-2)31(107-55)21-105-117(91,92)93/h6-11,14-15,26-31,34-51,54-59,62-67,70-77H,3-5,12-13,16-21H2,1-2H3,(H,60,68)(H,61,69)(H,78,79)(H,80,81)(H,82,83,84)(H,85,86,87)(H,88,89,90)(H,91,92,93)(H,94,95,96)(H,97,98,99)/t26-,27-,28+,29+,30+,31+,34+,35+,36+,37+,38+,39+,40+,41+,42-,43-,44+,45+,46-,47-,48+,49+,50+,51+,54+,55+,56+,57+/m0/s1. The van der Waals surface area contributed by atoms with Gasteiger partial charge in [0.15, 0.2) is 49.6 Å². The molecule has 0 aromatic heterocycles. The first kappa shape index (κ1) is 102. The van der Waals surface area contributed by atoms with Crippen molar-refractivity contribution in [2.75, 3.05) is 75.0 Å². The smallest absolute Gasteiger partial charge is 0.397 e. The van der Waals surface area contributed by atoms with Gasteiger partial charge in [0.25, 0.3) is 0 Å². The number of benzene rings is 2. The number of carboxylic acids is 2. The highest BCUT2D eigenvalue weighted by Gasteiger charge is 2.59. The molecular weight excluding hydrogens is 1760 g/mol. The van der Waals surface area contributed by atoms with Crippen LogP contribution in [0.25, 0.3) is 0 Å². The minimum Gasteiger partial charge on any atom is -0.479 e. The van der Waals surface area contributed by atoms with Crippen molar-refractivity contribution in [1.29, 1.82) is 0 Å². The number of carbonyl (C=O) groups is 4. The first-order valence-corrected chi connectivity index (χ1v) is 42.6. The summed E-state index contributed by atoms with van der Waals surface area (Å²) in [6.07, 6.45) is -60.3. The van der Waals surface area contributed by atoms with Crippen molar-refractivity contribution in [1.82, 2.24) is 9.44 Å². The van der Waals surface area contributed by atoms with Crippen LogP contribution < -0.4 is 30.7 Å². The van der Waals surface area contributed by atoms with E-state index in [2.05, 4.69) is 38.0 Å². The number of ether oxygens (including phenoxy) is 10. The highest BCUT2D eigenvalue weighted by atomic mass is 32.3. The minimum absolute atomic E-state index is 0.0459. The van der Waals surface area contributed by atoms with Gasteiger partial charge in [-0.25, -0.2) is 26.3 Å². The van der Waals surface area contributed by atoms with Crippen LogP contribution in [-0.4, -0.2) is 398 Å². The molecule has 0 spiro atoms. The molecule has 0 radical (unpaired) electrons. The van der Waals surface area contributed by atoms with Crippen LogP contribution in [0, 0.1) is 0 Å². The molecule has 4 aliphatic rings. The molecule has 2 amide bonds. The van der Waals surface area contributed by atoms with Crippen molar-refractivity contribution in [2.45, 2.75) is 204 Å². The van der Waals surface area contributed by atoms with E-state index in [1.54, 1.807) is 0 Å². The Morgan fingerprint density at radius 1 is 0.420 bits per heavy atom. The lowest BCUT2D eigenvalue weighted by molar-refractivity contribution is -0.340. The quantitative estimate of drug-likeness (QED) is 0.0216. The zero-order valence-electron chi connectivity index (χ0n) is 61.2. The van der Waals surface area contributed by atoms with E-state index in [0.29, 0.717) is 6.42 Å². The molecule has 0 saturated carbocycles. The van der Waals surface area contributed by atoms with Gasteiger partial charge in [-0.05, 0) is 49.2 Å². The number of rotatable bonds is 48. The molecule has 119 heavy (non-hydrogen) atoms. The summed E-state index contributed by atoms with van der Waals surface area (Å²) in [4.78, 5) is 51.0. The van der Waals surface area contributed by atoms with E-state index in [-0.39, 0.29) is 48.4 Å². The molecule has 4 saturated heterocycles. The predicted octanol–water partition coefficient (Wildman–Crippen LogP) is -11.2. The monoisotopic (exact) mass is 1850 g/mol. The van der Waals surface area contributed by atoms with Crippen molar-refractivity contribution in [3.05, 3.63) is 48.5 Å². The summed E-state index contributed by atoms with van der Waals surface area (Å²) in [5.41, 5.74) is 0.854. The number of hydrogen-bond acceptors (Lipinski definition) is 44. The molecule has 0 aliphatic carbocycles. The van der Waals surface area contributed by atoms with Crippen molar-refractivity contribution < 1.29 is 233 Å². The van der Waals surface area contributed by atoms with E-state index in [9.17, 15) is 159 Å². The summed E-state index contributed by atoms with van der Waals surface area (Å²) in [6, 6.07) is 6.97. The Balaban J connectivity index is 0.932. The minimum atomic E-state index is -5.74. The average Bonchev–Trinajstić information content (AvgIpc) is 0.770. The summed E-state index contributed by atoms with van der Waals surface area (Å²) >= 11 is 0. The van der Waals surface area contributed by atoms with E-state index >= 15 is 0 Å². The molecule has 0 unspecified atom stereocenters. The summed E-state index contributed by atoms with van der Waals surface area (Å²) in [5.74, 6) is -5.19. The molecule has 56 nitrogen and oxygen atoms in total. The summed E-state index contributed by atoms with van der Waals surface area (Å²) in [7, 11) is -31.0. The lowest BCUT2D eigenvalue weighted by Crippen LogP contribution is -2.68. The number of aliphatic hydroxyl groups is 12. The van der Waals surface area contributed by atoms with Crippen molar-refractivity contribution in [3.63, 3.8) is 0 Å². The number of hydrogen-bond donors (Lipinski definition) is 26. The molecule has 62 heteroatoms. The fourth-order valence-electron chi connectivity index (χ4n) is 12.0. The molecule has 684 valence electrons. The number of methoxy groups -OCH3 is 2. The van der Waals surface area contributed by atoms with Gasteiger partial charge in [0.1, 0.15) is 110 Å². The predicted molar refractivity (Wildman–Crippen MR) is 380 cm³/mol. The van der Waals surface area contributed by atoms with Gasteiger partial charge in [-0.3, -0.25) is 36.9 Å². The van der Waals surface area contributed by atoms with E-state index in [0.717, 1.165) is 14.2 Å². The number of nitrogens with one attached hydrogen (secondary N) is 6. The van der Waals surface area contributed by atoms with E-state index in [1.165, 1.54) is 58.0 Å². The second kappa shape index (κ2) is 44.2. The van der Waals surface area contributed by atoms with Crippen molar-refractivity contribution >= 4 is 109 Å². The van der Waals surface area contributed by atoms with Crippen molar-refractivity contribution in [3.8, 4) is 0 Å². The van der Waals surface area contributed by atoms with Crippen LogP contribution in [0.3, 0.4) is 0 Å². The molecule has 4 aliphatic heterocycles. The number of unbranched alkanes of at least 4 members (excludes halogenated alkanes) is 2. The van der Waals surface area contributed by atoms with Gasteiger partial charge in [-0.1, -0.05) is 18.6 Å². The molecular formula is C57H90N6O50S6. The Bertz CT molecular complexity index is 4100. The van der Waals surface area contributed by atoms with Gasteiger partial charge in [-0.15, -0.1) is 0 Å². The van der Waals surface area contributed by atoms with Crippen LogP contribution in [0.1, 0.15) is 32.1 Å². The first-order chi connectivity index (χ1) is 55.1. The van der Waals surface area contributed by atoms with Gasteiger partial charge in [0.2, 0.25) is 11.8 Å². The SMILES string of the molecule is CO[C@H]1[C@H](O)[C@@H](NS(=O)(=O)O)[C@@H](O[C@H]2[C@H](O)[C@@H](OS(=O)(=O)O)[C@H](OC[C@@H](O)[C@@H](O)[C@H](O)[C@@H](O)CNc3cccc(NC(=O)CCCCCC(=O)Nc4cccc(NC[C@H](O)[C@@H](O)[C@H](O)[C@H](O)CO[C@@H]5O[C@@H](C(=O)O)[C@@H](O[C@H]6O[C@H](COS(=O)(=O)O)[C@@H](OC)[C@H](O)[C@H]6NS(=O)(=O)O)[C@H](O)[C@H]5OS(=O)(=O)O)c4)c3)O[C@H]2C(=O)O)O[C@@H]1COS(=O)(=O)O. The first-order valence-electron chi connectivity index (χ1n) is 34.2. The van der Waals surface area contributed by atoms with Crippen LogP contribution in [-0.2, 0) is 145 Å². The Morgan fingerprint density at radius 2 is 0.748 bits per heavy atom. The number of carboxylic acid groups (broad SMARTS) is 2. The molecule has 2 aromatic rings.